The van der Waals surface area contributed by atoms with Gasteiger partial charge in [-0.25, -0.2) is 0 Å². The van der Waals surface area contributed by atoms with E-state index in [0.29, 0.717) is 0 Å². The number of hydrogen-bond donors (Lipinski definition) is 0. The molecule has 0 heterocycles. The van der Waals surface area contributed by atoms with Gasteiger partial charge in [-0.1, -0.05) is 0 Å². The maximum absolute atomic E-state index is 6.02. The Hall–Kier alpha value is 0.339. The van der Waals surface area contributed by atoms with Crippen molar-refractivity contribution in [2.24, 2.45) is 0 Å². The van der Waals surface area contributed by atoms with Gasteiger partial charge in [0.25, 0.3) is 0 Å². The summed E-state index contributed by atoms with van der Waals surface area (Å²) >= 11 is 0. The first-order valence-electron chi connectivity index (χ1n) is 7.54. The van der Waals surface area contributed by atoms with E-state index >= 15 is 0 Å². The molecule has 0 spiro atoms. The maximum Gasteiger partial charge on any atom is 3.00 e. The van der Waals surface area contributed by atoms with Crippen LogP contribution in [0.5, 0.6) is 0 Å². The average Bonchev–Trinajstić information content (AvgIpc) is 3.47. The van der Waals surface area contributed by atoms with Crippen LogP contribution in [0.4, 0.5) is 0 Å². The van der Waals surface area contributed by atoms with E-state index in [4.69, 9.17) is 6.42 Å². The van der Waals surface area contributed by atoms with E-state index in [1.807, 2.05) is 134 Å². The van der Waals surface area contributed by atoms with Gasteiger partial charge in [0.05, 0.1) is 0 Å². The number of rotatable bonds is 0. The van der Waals surface area contributed by atoms with Gasteiger partial charge in [0.2, 0.25) is 0 Å². The maximum atomic E-state index is 6.02. The summed E-state index contributed by atoms with van der Waals surface area (Å²) in [5.74, 6) is 1.83. The largest absolute Gasteiger partial charge is 3.00 e. The standard InChI is InChI=1S/4C5H5.C4H2.2Fe/c4*1-2-4-5-3-1;1-3-4-2;;/h4*1-5H;1,3H;;/q;;;;-2;2*+3. The zero-order chi connectivity index (χ0) is 17.6. The van der Waals surface area contributed by atoms with Gasteiger partial charge < -0.3 is 25.0 Å². The van der Waals surface area contributed by atoms with E-state index in [1.54, 1.807) is 0 Å². The normalized spacial score (nSPS) is 19.0. The van der Waals surface area contributed by atoms with Crippen LogP contribution in [0, 0.1) is 147 Å². The van der Waals surface area contributed by atoms with E-state index in [-0.39, 0.29) is 34.1 Å². The van der Waals surface area contributed by atoms with Crippen LogP contribution >= 0.6 is 0 Å². The first kappa shape index (κ1) is 31.0. The Kier molecular flexibility index (Phi) is 35.9. The molecule has 0 aromatic carbocycles. The fourth-order valence-electron chi connectivity index (χ4n) is 1.28. The van der Waals surface area contributed by atoms with E-state index < -0.39 is 0 Å². The molecule has 0 amide bonds. The Balaban J connectivity index is -0.000000250. The summed E-state index contributed by atoms with van der Waals surface area (Å²) in [6.07, 6.45) is 47.1. The minimum atomic E-state index is 0. The van der Waals surface area contributed by atoms with Gasteiger partial charge in [-0.05, 0) is 128 Å². The van der Waals surface area contributed by atoms with Crippen molar-refractivity contribution in [2.75, 3.05) is 0 Å². The summed E-state index contributed by atoms with van der Waals surface area (Å²) in [7, 11) is 0. The third-order valence-corrected chi connectivity index (χ3v) is 2.31. The Bertz CT molecular complexity index is 194. The predicted molar refractivity (Wildman–Crippen MR) is 102 cm³/mol. The molecule has 0 nitrogen and oxygen atoms in total. The Morgan fingerprint density at radius 2 is 0.500 bits per heavy atom. The second kappa shape index (κ2) is 30.1. The van der Waals surface area contributed by atoms with Crippen molar-refractivity contribution in [3.8, 4) is 5.92 Å². The minimum absolute atomic E-state index is 0. The van der Waals surface area contributed by atoms with E-state index in [0.717, 1.165) is 6.08 Å². The van der Waals surface area contributed by atoms with Gasteiger partial charge >= 0.3 is 34.1 Å². The molecule has 0 unspecified atom stereocenters. The molecule has 0 aliphatic heterocycles. The summed E-state index contributed by atoms with van der Waals surface area (Å²) in [6.45, 7) is 4.60. The monoisotopic (exact) mass is 422 g/mol. The molecule has 0 N–H and O–H groups in total. The van der Waals surface area contributed by atoms with Gasteiger partial charge in [0.15, 0.2) is 0 Å². The second-order valence-corrected chi connectivity index (χ2v) is 4.16. The molecular weight excluding hydrogens is 400 g/mol. The number of hydrogen-bond acceptors (Lipinski definition) is 0. The van der Waals surface area contributed by atoms with E-state index in [1.165, 1.54) is 0 Å². The molecule has 2 heteroatoms. The molecule has 0 atom stereocenters. The fourth-order valence-corrected chi connectivity index (χ4v) is 1.28. The summed E-state index contributed by atoms with van der Waals surface area (Å²) in [4.78, 5) is 0. The molecule has 0 aromatic rings. The Morgan fingerprint density at radius 3 is 0.538 bits per heavy atom. The third kappa shape index (κ3) is 29.1. The van der Waals surface area contributed by atoms with Crippen molar-refractivity contribution < 1.29 is 34.1 Å². The summed E-state index contributed by atoms with van der Waals surface area (Å²) < 4.78 is 0. The predicted octanol–water partition coefficient (Wildman–Crippen LogP) is 4.65. The second-order valence-electron chi connectivity index (χ2n) is 4.16. The molecule has 0 aromatic heterocycles. The molecule has 4 aliphatic rings. The van der Waals surface area contributed by atoms with Gasteiger partial charge in [0, 0.05) is 0 Å². The van der Waals surface area contributed by atoms with Crippen molar-refractivity contribution in [3.63, 3.8) is 0 Å². The van der Waals surface area contributed by atoms with E-state index in [9.17, 15) is 0 Å². The molecule has 0 bridgehead atoms. The van der Waals surface area contributed by atoms with Gasteiger partial charge in [0.1, 0.15) is 0 Å². The fraction of sp³-hybridized carbons (Fsp3) is 0. The molecule has 22 radical (unpaired) electrons. The van der Waals surface area contributed by atoms with Crippen molar-refractivity contribution in [3.05, 3.63) is 147 Å². The topological polar surface area (TPSA) is 0 Å². The molecular formula is C24H22Fe2+4. The van der Waals surface area contributed by atoms with Crippen LogP contribution in [0.25, 0.3) is 0 Å². The molecule has 4 rings (SSSR count). The first-order valence-corrected chi connectivity index (χ1v) is 7.54. The quantitative estimate of drug-likeness (QED) is 0.303. The summed E-state index contributed by atoms with van der Waals surface area (Å²) in [6, 6.07) is 0. The molecule has 4 saturated carbocycles. The van der Waals surface area contributed by atoms with Gasteiger partial charge in [-0.15, -0.1) is 0 Å². The minimum Gasteiger partial charge on any atom is -0.531 e. The summed E-state index contributed by atoms with van der Waals surface area (Å²) in [5.41, 5.74) is 0. The molecule has 4 aliphatic carbocycles. The molecule has 4 fully saturated rings. The summed E-state index contributed by atoms with van der Waals surface area (Å²) in [5, 5.41) is 0. The smallest absolute Gasteiger partial charge is 0.531 e. The van der Waals surface area contributed by atoms with Crippen LogP contribution in [-0.4, -0.2) is 0 Å². The van der Waals surface area contributed by atoms with Crippen molar-refractivity contribution >= 4 is 0 Å². The zero-order valence-electron chi connectivity index (χ0n) is 14.4. The SMILES string of the molecule is [C-]#CC=[CH-].[CH]1[CH][CH][CH][CH]1.[CH]1[CH][CH][CH][CH]1.[CH]1[CH][CH][CH][CH]1.[CH]1[CH][CH][CH][CH]1.[Fe+3].[Fe+3]. The third-order valence-electron chi connectivity index (χ3n) is 2.31. The molecule has 130 valence electrons. The van der Waals surface area contributed by atoms with Crippen LogP contribution in [0.15, 0.2) is 6.08 Å². The van der Waals surface area contributed by atoms with Crippen molar-refractivity contribution in [1.82, 2.24) is 0 Å². The molecule has 0 saturated heterocycles. The number of allylic oxidation sites excluding steroid dienone is 1. The van der Waals surface area contributed by atoms with Gasteiger partial charge in [-0.3, -0.25) is 0 Å². The Labute approximate surface area is 187 Å². The first-order chi connectivity index (χ1) is 11.9. The Morgan fingerprint density at radius 1 is 0.423 bits per heavy atom. The van der Waals surface area contributed by atoms with Crippen molar-refractivity contribution in [2.45, 2.75) is 0 Å². The zero-order valence-corrected chi connectivity index (χ0v) is 16.6. The van der Waals surface area contributed by atoms with Crippen LogP contribution in [-0.2, 0) is 34.1 Å². The average molecular weight is 422 g/mol. The van der Waals surface area contributed by atoms with E-state index in [2.05, 4.69) is 6.58 Å². The van der Waals surface area contributed by atoms with Crippen LogP contribution in [0.3, 0.4) is 0 Å². The van der Waals surface area contributed by atoms with Gasteiger partial charge in [-0.2, -0.15) is 0 Å². The molecule has 26 heavy (non-hydrogen) atoms. The van der Waals surface area contributed by atoms with Crippen LogP contribution in [0.2, 0.25) is 0 Å². The van der Waals surface area contributed by atoms with Crippen LogP contribution in [0.1, 0.15) is 0 Å². The van der Waals surface area contributed by atoms with Crippen molar-refractivity contribution in [1.29, 1.82) is 0 Å². The van der Waals surface area contributed by atoms with Crippen LogP contribution < -0.4 is 0 Å².